The van der Waals surface area contributed by atoms with E-state index in [1.54, 1.807) is 0 Å². The standard InChI is InChI=1S/C17H13ClN2OS/c18-15-11-19-16(21-12-13-7-3-1-4-8-13)17(20-15)22-14-9-5-2-6-10-14/h1-11H,12H2. The predicted molar refractivity (Wildman–Crippen MR) is 88.4 cm³/mol. The van der Waals surface area contributed by atoms with Crippen molar-refractivity contribution in [3.05, 3.63) is 77.6 Å². The molecule has 0 saturated heterocycles. The van der Waals surface area contributed by atoms with Crippen molar-refractivity contribution in [1.82, 2.24) is 9.97 Å². The van der Waals surface area contributed by atoms with Gasteiger partial charge in [-0.1, -0.05) is 71.9 Å². The molecular weight excluding hydrogens is 316 g/mol. The topological polar surface area (TPSA) is 35.0 Å². The van der Waals surface area contributed by atoms with Gasteiger partial charge in [0.15, 0.2) is 5.03 Å². The van der Waals surface area contributed by atoms with Gasteiger partial charge in [0.25, 0.3) is 0 Å². The van der Waals surface area contributed by atoms with Crippen LogP contribution in [0.1, 0.15) is 5.56 Å². The zero-order valence-electron chi connectivity index (χ0n) is 11.6. The van der Waals surface area contributed by atoms with Crippen molar-refractivity contribution in [1.29, 1.82) is 0 Å². The fourth-order valence-corrected chi connectivity index (χ4v) is 2.88. The predicted octanol–water partition coefficient (Wildman–Crippen LogP) is 4.86. The maximum absolute atomic E-state index is 5.96. The minimum atomic E-state index is 0.352. The Hall–Kier alpha value is -2.04. The van der Waals surface area contributed by atoms with Crippen molar-refractivity contribution in [2.75, 3.05) is 0 Å². The number of nitrogens with zero attached hydrogens (tertiary/aromatic N) is 2. The van der Waals surface area contributed by atoms with E-state index in [-0.39, 0.29) is 0 Å². The molecule has 0 bridgehead atoms. The highest BCUT2D eigenvalue weighted by atomic mass is 35.5. The number of hydrogen-bond donors (Lipinski definition) is 0. The summed E-state index contributed by atoms with van der Waals surface area (Å²) in [6.45, 7) is 0.444. The maximum atomic E-state index is 5.96. The van der Waals surface area contributed by atoms with Crippen LogP contribution in [0.5, 0.6) is 5.88 Å². The molecule has 3 aromatic rings. The van der Waals surface area contributed by atoms with Crippen molar-refractivity contribution in [3.8, 4) is 5.88 Å². The molecule has 0 spiro atoms. The summed E-state index contributed by atoms with van der Waals surface area (Å²) in [4.78, 5) is 9.63. The minimum Gasteiger partial charge on any atom is -0.471 e. The van der Waals surface area contributed by atoms with E-state index in [1.807, 2.05) is 60.7 Å². The lowest BCUT2D eigenvalue weighted by molar-refractivity contribution is 0.283. The first-order valence-electron chi connectivity index (χ1n) is 6.73. The van der Waals surface area contributed by atoms with Gasteiger partial charge in [0.1, 0.15) is 11.8 Å². The highest BCUT2D eigenvalue weighted by Crippen LogP contribution is 2.32. The van der Waals surface area contributed by atoms with Gasteiger partial charge in [0, 0.05) is 4.90 Å². The first-order valence-corrected chi connectivity index (χ1v) is 7.93. The van der Waals surface area contributed by atoms with E-state index in [0.29, 0.717) is 22.7 Å². The summed E-state index contributed by atoms with van der Waals surface area (Å²) < 4.78 is 5.80. The smallest absolute Gasteiger partial charge is 0.247 e. The van der Waals surface area contributed by atoms with Crippen LogP contribution in [0.3, 0.4) is 0 Å². The molecule has 0 unspecified atom stereocenters. The number of aromatic nitrogens is 2. The van der Waals surface area contributed by atoms with Gasteiger partial charge in [-0.25, -0.2) is 9.97 Å². The average Bonchev–Trinajstić information content (AvgIpc) is 2.56. The van der Waals surface area contributed by atoms with Crippen LogP contribution in [0, 0.1) is 0 Å². The quantitative estimate of drug-likeness (QED) is 0.670. The molecule has 0 fully saturated rings. The normalized spacial score (nSPS) is 10.4. The third-order valence-electron chi connectivity index (χ3n) is 2.86. The first kappa shape index (κ1) is 14.9. The number of rotatable bonds is 5. The van der Waals surface area contributed by atoms with Crippen LogP contribution in [0.25, 0.3) is 0 Å². The van der Waals surface area contributed by atoms with E-state index < -0.39 is 0 Å². The van der Waals surface area contributed by atoms with E-state index in [4.69, 9.17) is 16.3 Å². The lowest BCUT2D eigenvalue weighted by atomic mass is 10.2. The van der Waals surface area contributed by atoms with Crippen molar-refractivity contribution in [3.63, 3.8) is 0 Å². The molecule has 0 saturated carbocycles. The number of halogens is 1. The summed E-state index contributed by atoms with van der Waals surface area (Å²) in [6.07, 6.45) is 1.50. The third-order valence-corrected chi connectivity index (χ3v) is 4.00. The highest BCUT2D eigenvalue weighted by molar-refractivity contribution is 7.99. The molecule has 0 aliphatic heterocycles. The van der Waals surface area contributed by atoms with Gasteiger partial charge in [0.2, 0.25) is 5.88 Å². The second-order valence-corrected chi connectivity index (χ2v) is 5.94. The Bertz CT molecular complexity index is 738. The molecule has 110 valence electrons. The van der Waals surface area contributed by atoms with Gasteiger partial charge < -0.3 is 4.74 Å². The van der Waals surface area contributed by atoms with Crippen molar-refractivity contribution in [2.45, 2.75) is 16.5 Å². The fourth-order valence-electron chi connectivity index (χ4n) is 1.83. The molecule has 3 nitrogen and oxygen atoms in total. The second kappa shape index (κ2) is 7.29. The number of hydrogen-bond acceptors (Lipinski definition) is 4. The van der Waals surface area contributed by atoms with Gasteiger partial charge in [-0.3, -0.25) is 0 Å². The molecule has 0 N–H and O–H groups in total. The van der Waals surface area contributed by atoms with Gasteiger partial charge in [-0.2, -0.15) is 0 Å². The SMILES string of the molecule is Clc1cnc(OCc2ccccc2)c(Sc2ccccc2)n1. The lowest BCUT2D eigenvalue weighted by Gasteiger charge is -2.09. The summed E-state index contributed by atoms with van der Waals surface area (Å²) >= 11 is 7.44. The van der Waals surface area contributed by atoms with Crippen molar-refractivity contribution in [2.24, 2.45) is 0 Å². The van der Waals surface area contributed by atoms with E-state index >= 15 is 0 Å². The third kappa shape index (κ3) is 4.00. The van der Waals surface area contributed by atoms with E-state index in [0.717, 1.165) is 10.5 Å². The lowest BCUT2D eigenvalue weighted by Crippen LogP contribution is -2.00. The summed E-state index contributed by atoms with van der Waals surface area (Å²) in [7, 11) is 0. The average molecular weight is 329 g/mol. The molecule has 0 atom stereocenters. The summed E-state index contributed by atoms with van der Waals surface area (Å²) in [5, 5.41) is 1.01. The minimum absolute atomic E-state index is 0.352. The summed E-state index contributed by atoms with van der Waals surface area (Å²) in [5.41, 5.74) is 1.08. The van der Waals surface area contributed by atoms with Gasteiger partial charge >= 0.3 is 0 Å². The highest BCUT2D eigenvalue weighted by Gasteiger charge is 2.10. The molecule has 0 aliphatic rings. The Morgan fingerprint density at radius 1 is 0.955 bits per heavy atom. The molecule has 0 amide bonds. The van der Waals surface area contributed by atoms with Crippen molar-refractivity contribution >= 4 is 23.4 Å². The molecule has 22 heavy (non-hydrogen) atoms. The first-order chi connectivity index (χ1) is 10.8. The number of benzene rings is 2. The van der Waals surface area contributed by atoms with E-state index in [9.17, 15) is 0 Å². The Balaban J connectivity index is 1.78. The summed E-state index contributed by atoms with van der Waals surface area (Å²) in [5.74, 6) is 0.488. The monoisotopic (exact) mass is 328 g/mol. The zero-order chi connectivity index (χ0) is 15.2. The Morgan fingerprint density at radius 3 is 2.36 bits per heavy atom. The molecule has 1 heterocycles. The van der Waals surface area contributed by atoms with Crippen LogP contribution in [0.4, 0.5) is 0 Å². The van der Waals surface area contributed by atoms with Gasteiger partial charge in [-0.05, 0) is 17.7 Å². The Morgan fingerprint density at radius 2 is 1.64 bits per heavy atom. The van der Waals surface area contributed by atoms with Crippen LogP contribution in [-0.4, -0.2) is 9.97 Å². The molecule has 0 radical (unpaired) electrons. The van der Waals surface area contributed by atoms with Crippen LogP contribution in [-0.2, 0) is 6.61 Å². The van der Waals surface area contributed by atoms with E-state index in [2.05, 4.69) is 9.97 Å². The Kier molecular flexibility index (Phi) is 4.93. The number of ether oxygens (including phenoxy) is 1. The van der Waals surface area contributed by atoms with Crippen LogP contribution >= 0.6 is 23.4 Å². The second-order valence-electron chi connectivity index (χ2n) is 4.49. The van der Waals surface area contributed by atoms with Crippen LogP contribution in [0.15, 0.2) is 76.8 Å². The van der Waals surface area contributed by atoms with Crippen molar-refractivity contribution < 1.29 is 4.74 Å². The fraction of sp³-hybridized carbons (Fsp3) is 0.0588. The summed E-state index contributed by atoms with van der Waals surface area (Å²) in [6, 6.07) is 19.9. The van der Waals surface area contributed by atoms with E-state index in [1.165, 1.54) is 18.0 Å². The van der Waals surface area contributed by atoms with Gasteiger partial charge in [0.05, 0.1) is 6.20 Å². The zero-order valence-corrected chi connectivity index (χ0v) is 13.2. The molecule has 1 aromatic heterocycles. The maximum Gasteiger partial charge on any atom is 0.247 e. The molecule has 2 aromatic carbocycles. The largest absolute Gasteiger partial charge is 0.471 e. The van der Waals surface area contributed by atoms with Crippen LogP contribution in [0.2, 0.25) is 5.15 Å². The van der Waals surface area contributed by atoms with Gasteiger partial charge in [-0.15, -0.1) is 0 Å². The molecule has 3 rings (SSSR count). The molecule has 0 aliphatic carbocycles. The Labute approximate surface area is 138 Å². The molecular formula is C17H13ClN2OS. The van der Waals surface area contributed by atoms with Crippen LogP contribution < -0.4 is 4.74 Å². The molecule has 5 heteroatoms.